The van der Waals surface area contributed by atoms with Gasteiger partial charge in [0, 0.05) is 23.8 Å². The second kappa shape index (κ2) is 8.00. The summed E-state index contributed by atoms with van der Waals surface area (Å²) in [7, 11) is 0. The van der Waals surface area contributed by atoms with E-state index in [1.165, 1.54) is 23.4 Å². The monoisotopic (exact) mass is 304 g/mol. The zero-order chi connectivity index (χ0) is 14.4. The smallest absolute Gasteiger partial charge is 0.261 e. The molecule has 3 nitrogen and oxygen atoms in total. The Bertz CT molecular complexity index is 408. The lowest BCUT2D eigenvalue weighted by atomic mass is 10.2. The summed E-state index contributed by atoms with van der Waals surface area (Å²) in [6, 6.07) is 0. The van der Waals surface area contributed by atoms with Gasteiger partial charge >= 0.3 is 0 Å². The van der Waals surface area contributed by atoms with Gasteiger partial charge in [-0.25, -0.2) is 13.8 Å². The van der Waals surface area contributed by atoms with Gasteiger partial charge in [-0.3, -0.25) is 0 Å². The predicted molar refractivity (Wildman–Crippen MR) is 76.6 cm³/mol. The minimum atomic E-state index is -2.39. The van der Waals surface area contributed by atoms with Crippen molar-refractivity contribution < 1.29 is 13.5 Å². The maximum Gasteiger partial charge on any atom is 0.261 e. The zero-order valence-corrected chi connectivity index (χ0v) is 12.6. The highest BCUT2D eigenvalue weighted by molar-refractivity contribution is 7.11. The molecule has 0 spiro atoms. The van der Waals surface area contributed by atoms with Crippen LogP contribution in [0.5, 0.6) is 0 Å². The molecule has 1 N–H and O–H groups in total. The predicted octanol–water partition coefficient (Wildman–Crippen LogP) is 3.34. The molecule has 1 aromatic rings. The fourth-order valence-corrected chi connectivity index (χ4v) is 3.14. The van der Waals surface area contributed by atoms with Crippen LogP contribution in [0.3, 0.4) is 0 Å². The molecule has 1 aliphatic rings. The van der Waals surface area contributed by atoms with Gasteiger partial charge < -0.3 is 10.1 Å². The van der Waals surface area contributed by atoms with E-state index in [4.69, 9.17) is 4.74 Å². The van der Waals surface area contributed by atoms with Crippen LogP contribution in [0.2, 0.25) is 0 Å². The molecular weight excluding hydrogens is 282 g/mol. The standard InChI is InChI=1S/C14H22F2N2OS/c1-2-6-17-8-11-14(10-3-4-10)18-13(20-11)5-7-19-9-12(15)16/h10,12,17H,2-9H2,1H3. The number of hydrogen-bond donors (Lipinski definition) is 1. The van der Waals surface area contributed by atoms with E-state index in [9.17, 15) is 8.78 Å². The van der Waals surface area contributed by atoms with E-state index in [1.54, 1.807) is 11.3 Å². The first-order valence-electron chi connectivity index (χ1n) is 7.25. The molecule has 114 valence electrons. The molecule has 0 atom stereocenters. The summed E-state index contributed by atoms with van der Waals surface area (Å²) in [5.41, 5.74) is 1.22. The Morgan fingerprint density at radius 2 is 2.25 bits per heavy atom. The number of halogens is 2. The van der Waals surface area contributed by atoms with Crippen LogP contribution in [0.1, 0.15) is 47.7 Å². The highest BCUT2D eigenvalue weighted by atomic mass is 32.1. The average Bonchev–Trinajstić information content (AvgIpc) is 3.17. The van der Waals surface area contributed by atoms with Crippen LogP contribution in [-0.2, 0) is 17.7 Å². The van der Waals surface area contributed by atoms with Crippen molar-refractivity contribution in [1.29, 1.82) is 0 Å². The number of alkyl halides is 2. The third-order valence-corrected chi connectivity index (χ3v) is 4.28. The summed E-state index contributed by atoms with van der Waals surface area (Å²) < 4.78 is 28.9. The van der Waals surface area contributed by atoms with Gasteiger partial charge in [-0.2, -0.15) is 0 Å². The average molecular weight is 304 g/mol. The van der Waals surface area contributed by atoms with E-state index in [-0.39, 0.29) is 0 Å². The van der Waals surface area contributed by atoms with E-state index in [0.717, 1.165) is 24.5 Å². The van der Waals surface area contributed by atoms with Gasteiger partial charge in [-0.05, 0) is 25.8 Å². The molecule has 0 unspecified atom stereocenters. The van der Waals surface area contributed by atoms with Crippen LogP contribution in [0.25, 0.3) is 0 Å². The molecule has 6 heteroatoms. The molecule has 1 fully saturated rings. The van der Waals surface area contributed by atoms with Gasteiger partial charge in [0.2, 0.25) is 0 Å². The fraction of sp³-hybridized carbons (Fsp3) is 0.786. The van der Waals surface area contributed by atoms with Crippen LogP contribution in [0.15, 0.2) is 0 Å². The Kier molecular flexibility index (Phi) is 6.32. The minimum Gasteiger partial charge on any atom is -0.375 e. The first kappa shape index (κ1) is 15.8. The first-order valence-corrected chi connectivity index (χ1v) is 8.07. The molecule has 1 saturated carbocycles. The van der Waals surface area contributed by atoms with E-state index in [1.807, 2.05) is 0 Å². The Morgan fingerprint density at radius 1 is 1.45 bits per heavy atom. The van der Waals surface area contributed by atoms with Crippen molar-refractivity contribution in [2.75, 3.05) is 19.8 Å². The molecule has 1 aromatic heterocycles. The zero-order valence-electron chi connectivity index (χ0n) is 11.8. The Morgan fingerprint density at radius 3 is 2.90 bits per heavy atom. The van der Waals surface area contributed by atoms with E-state index >= 15 is 0 Å². The van der Waals surface area contributed by atoms with Gasteiger partial charge in [0.25, 0.3) is 6.43 Å². The molecule has 20 heavy (non-hydrogen) atoms. The Hall–Kier alpha value is -0.590. The van der Waals surface area contributed by atoms with Crippen LogP contribution in [0, 0.1) is 0 Å². The Balaban J connectivity index is 1.84. The quantitative estimate of drug-likeness (QED) is 0.673. The van der Waals surface area contributed by atoms with Crippen molar-refractivity contribution in [3.8, 4) is 0 Å². The molecule has 0 aromatic carbocycles. The number of aromatic nitrogens is 1. The van der Waals surface area contributed by atoms with Gasteiger partial charge in [0.15, 0.2) is 0 Å². The van der Waals surface area contributed by atoms with E-state index in [2.05, 4.69) is 17.2 Å². The van der Waals surface area contributed by atoms with Gasteiger partial charge in [0.05, 0.1) is 17.3 Å². The number of ether oxygens (including phenoxy) is 1. The number of nitrogens with one attached hydrogen (secondary N) is 1. The molecular formula is C14H22F2N2OS. The summed E-state index contributed by atoms with van der Waals surface area (Å²) in [6.45, 7) is 3.87. The lowest BCUT2D eigenvalue weighted by molar-refractivity contribution is 0.0187. The molecule has 2 rings (SSSR count). The third-order valence-electron chi connectivity index (χ3n) is 3.15. The number of rotatable bonds is 10. The molecule has 0 amide bonds. The summed E-state index contributed by atoms with van der Waals surface area (Å²) in [5, 5.41) is 4.42. The van der Waals surface area contributed by atoms with Crippen molar-refractivity contribution in [3.63, 3.8) is 0 Å². The minimum absolute atomic E-state index is 0.323. The topological polar surface area (TPSA) is 34.1 Å². The lowest BCUT2D eigenvalue weighted by Crippen LogP contribution is -2.13. The van der Waals surface area contributed by atoms with Crippen LogP contribution < -0.4 is 5.32 Å². The van der Waals surface area contributed by atoms with Crippen molar-refractivity contribution in [1.82, 2.24) is 10.3 Å². The number of nitrogens with zero attached hydrogens (tertiary/aromatic N) is 1. The highest BCUT2D eigenvalue weighted by Gasteiger charge is 2.29. The maximum absolute atomic E-state index is 12.0. The molecule has 0 radical (unpaired) electrons. The van der Waals surface area contributed by atoms with Crippen molar-refractivity contribution >= 4 is 11.3 Å². The van der Waals surface area contributed by atoms with E-state index < -0.39 is 13.0 Å². The van der Waals surface area contributed by atoms with E-state index in [0.29, 0.717) is 18.9 Å². The molecule has 0 aliphatic heterocycles. The van der Waals surface area contributed by atoms with Crippen molar-refractivity contribution in [2.45, 2.75) is 51.5 Å². The summed E-state index contributed by atoms with van der Waals surface area (Å²) in [5.74, 6) is 0.625. The highest BCUT2D eigenvalue weighted by Crippen LogP contribution is 2.42. The normalized spacial score (nSPS) is 15.2. The lowest BCUT2D eigenvalue weighted by Gasteiger charge is -2.02. The summed E-state index contributed by atoms with van der Waals surface area (Å²) >= 11 is 1.70. The van der Waals surface area contributed by atoms with Crippen LogP contribution >= 0.6 is 11.3 Å². The van der Waals surface area contributed by atoms with Gasteiger partial charge in [-0.1, -0.05) is 6.92 Å². The first-order chi connectivity index (χ1) is 9.70. The summed E-state index contributed by atoms with van der Waals surface area (Å²) in [6.07, 6.45) is 1.82. The third kappa shape index (κ3) is 5.07. The molecule has 0 bridgehead atoms. The van der Waals surface area contributed by atoms with Crippen molar-refractivity contribution in [2.24, 2.45) is 0 Å². The maximum atomic E-state index is 12.0. The molecule has 1 heterocycles. The van der Waals surface area contributed by atoms with Crippen LogP contribution in [-0.4, -0.2) is 31.2 Å². The molecule has 0 saturated heterocycles. The molecule has 1 aliphatic carbocycles. The number of thiazole rings is 1. The number of hydrogen-bond acceptors (Lipinski definition) is 4. The van der Waals surface area contributed by atoms with Gasteiger partial charge in [-0.15, -0.1) is 11.3 Å². The largest absolute Gasteiger partial charge is 0.375 e. The van der Waals surface area contributed by atoms with Gasteiger partial charge in [0.1, 0.15) is 6.61 Å². The van der Waals surface area contributed by atoms with Crippen LogP contribution in [0.4, 0.5) is 8.78 Å². The second-order valence-electron chi connectivity index (χ2n) is 5.08. The van der Waals surface area contributed by atoms with Crippen molar-refractivity contribution in [3.05, 3.63) is 15.6 Å². The Labute approximate surface area is 122 Å². The SMILES string of the molecule is CCCNCc1sc(CCOCC(F)F)nc1C1CC1. The summed E-state index contributed by atoms with van der Waals surface area (Å²) in [4.78, 5) is 5.99. The second-order valence-corrected chi connectivity index (χ2v) is 6.25. The fourth-order valence-electron chi connectivity index (χ4n) is 2.03.